The Kier molecular flexibility index (Phi) is 5.80. The van der Waals surface area contributed by atoms with Crippen molar-refractivity contribution >= 4 is 11.6 Å². The summed E-state index contributed by atoms with van der Waals surface area (Å²) in [5, 5.41) is 6.45. The molecule has 0 saturated carbocycles. The number of amides is 1. The van der Waals surface area contributed by atoms with E-state index in [0.717, 1.165) is 31.0 Å². The average Bonchev–Trinajstić information content (AvgIpc) is 3.17. The number of carbonyl (C=O) groups is 1. The van der Waals surface area contributed by atoms with Crippen molar-refractivity contribution in [2.24, 2.45) is 0 Å². The smallest absolute Gasteiger partial charge is 0.238 e. The van der Waals surface area contributed by atoms with Crippen LogP contribution in [0.4, 0.5) is 18.9 Å². The fourth-order valence-corrected chi connectivity index (χ4v) is 3.58. The number of halogens is 3. The molecule has 6 nitrogen and oxygen atoms in total. The Labute approximate surface area is 170 Å². The number of aromatic nitrogens is 2. The lowest BCUT2D eigenvalue weighted by Crippen LogP contribution is -2.39. The van der Waals surface area contributed by atoms with Crippen LogP contribution < -0.4 is 5.32 Å². The van der Waals surface area contributed by atoms with Crippen LogP contribution in [0.5, 0.6) is 0 Å². The maximum absolute atomic E-state index is 13.4. The number of carbonyl (C=O) groups excluding carboxylic acids is 1. The van der Waals surface area contributed by atoms with Crippen LogP contribution in [0.2, 0.25) is 0 Å². The van der Waals surface area contributed by atoms with E-state index in [1.54, 1.807) is 12.1 Å². The molecule has 2 aromatic carbocycles. The highest BCUT2D eigenvalue weighted by Crippen LogP contribution is 2.27. The van der Waals surface area contributed by atoms with E-state index in [-0.39, 0.29) is 29.9 Å². The predicted octanol–water partition coefficient (Wildman–Crippen LogP) is 3.97. The average molecular weight is 416 g/mol. The van der Waals surface area contributed by atoms with Crippen molar-refractivity contribution in [3.63, 3.8) is 0 Å². The van der Waals surface area contributed by atoms with Crippen LogP contribution in [-0.4, -0.2) is 40.6 Å². The third-order valence-electron chi connectivity index (χ3n) is 4.89. The molecule has 1 N–H and O–H groups in total. The monoisotopic (exact) mass is 416 g/mol. The van der Waals surface area contributed by atoms with Gasteiger partial charge in [0, 0.05) is 23.9 Å². The van der Waals surface area contributed by atoms with E-state index in [0.29, 0.717) is 30.4 Å². The normalized spacial score (nSPS) is 17.1. The van der Waals surface area contributed by atoms with Gasteiger partial charge in [-0.1, -0.05) is 17.3 Å². The zero-order valence-electron chi connectivity index (χ0n) is 15.9. The van der Waals surface area contributed by atoms with Crippen LogP contribution in [0.1, 0.15) is 24.7 Å². The summed E-state index contributed by atoms with van der Waals surface area (Å²) in [5.74, 6) is -1.58. The number of nitrogens with zero attached hydrogens (tertiary/aromatic N) is 3. The molecule has 156 valence electrons. The van der Waals surface area contributed by atoms with Crippen LogP contribution in [0.15, 0.2) is 47.0 Å². The van der Waals surface area contributed by atoms with E-state index in [1.807, 2.05) is 4.90 Å². The van der Waals surface area contributed by atoms with Crippen molar-refractivity contribution in [2.45, 2.75) is 18.8 Å². The number of hydrogen-bond acceptors (Lipinski definition) is 5. The molecule has 0 aliphatic carbocycles. The second-order valence-electron chi connectivity index (χ2n) is 7.25. The van der Waals surface area contributed by atoms with Gasteiger partial charge < -0.3 is 9.84 Å². The summed E-state index contributed by atoms with van der Waals surface area (Å²) in [6.45, 7) is 1.29. The van der Waals surface area contributed by atoms with Gasteiger partial charge in [-0.25, -0.2) is 13.2 Å². The summed E-state index contributed by atoms with van der Waals surface area (Å²) in [4.78, 5) is 18.6. The molecule has 1 atom stereocenters. The number of piperidine rings is 1. The van der Waals surface area contributed by atoms with Gasteiger partial charge in [0.2, 0.25) is 17.6 Å². The minimum Gasteiger partial charge on any atom is -0.339 e. The molecule has 1 saturated heterocycles. The number of anilines is 1. The second-order valence-corrected chi connectivity index (χ2v) is 7.25. The largest absolute Gasteiger partial charge is 0.339 e. The van der Waals surface area contributed by atoms with Gasteiger partial charge in [-0.15, -0.1) is 0 Å². The molecule has 1 aliphatic rings. The predicted molar refractivity (Wildman–Crippen MR) is 103 cm³/mol. The first kappa shape index (κ1) is 20.1. The zero-order valence-corrected chi connectivity index (χ0v) is 15.9. The molecule has 1 fully saturated rings. The van der Waals surface area contributed by atoms with Crippen LogP contribution in [-0.2, 0) is 4.79 Å². The van der Waals surface area contributed by atoms with Crippen molar-refractivity contribution in [2.75, 3.05) is 25.0 Å². The maximum Gasteiger partial charge on any atom is 0.238 e. The Balaban J connectivity index is 1.38. The Morgan fingerprint density at radius 2 is 1.93 bits per heavy atom. The summed E-state index contributed by atoms with van der Waals surface area (Å²) < 4.78 is 45.3. The molecule has 0 spiro atoms. The SMILES string of the molecule is O=C(CN1CCCC(c2nc(-c3cccc(F)c3)no2)C1)Nc1cc(F)cc(F)c1. The Morgan fingerprint density at radius 1 is 1.13 bits per heavy atom. The van der Waals surface area contributed by atoms with E-state index in [4.69, 9.17) is 4.52 Å². The molecular formula is C21H19F3N4O2. The van der Waals surface area contributed by atoms with E-state index in [2.05, 4.69) is 15.5 Å². The fourth-order valence-electron chi connectivity index (χ4n) is 3.58. The van der Waals surface area contributed by atoms with E-state index in [9.17, 15) is 18.0 Å². The highest BCUT2D eigenvalue weighted by atomic mass is 19.1. The second kappa shape index (κ2) is 8.66. The molecule has 1 unspecified atom stereocenters. The molecule has 3 aromatic rings. The first-order valence-corrected chi connectivity index (χ1v) is 9.54. The summed E-state index contributed by atoms with van der Waals surface area (Å²) in [6, 6.07) is 8.82. The number of nitrogens with one attached hydrogen (secondary N) is 1. The highest BCUT2D eigenvalue weighted by molar-refractivity contribution is 5.92. The van der Waals surface area contributed by atoms with Gasteiger partial charge in [0.1, 0.15) is 17.5 Å². The number of rotatable bonds is 5. The van der Waals surface area contributed by atoms with E-state index < -0.39 is 11.6 Å². The molecule has 30 heavy (non-hydrogen) atoms. The minimum absolute atomic E-state index is 0.0621. The van der Waals surface area contributed by atoms with Crippen molar-refractivity contribution in [3.05, 3.63) is 65.8 Å². The van der Waals surface area contributed by atoms with E-state index in [1.165, 1.54) is 12.1 Å². The van der Waals surface area contributed by atoms with Crippen molar-refractivity contribution < 1.29 is 22.5 Å². The van der Waals surface area contributed by atoms with Gasteiger partial charge in [-0.3, -0.25) is 9.69 Å². The standard InChI is InChI=1S/C21H19F3N4O2/c22-15-5-1-3-13(7-15)20-26-21(30-27-20)14-4-2-6-28(11-14)12-19(29)25-18-9-16(23)8-17(24)10-18/h1,3,5,7-10,14H,2,4,6,11-12H2,(H,25,29). The minimum atomic E-state index is -0.756. The van der Waals surface area contributed by atoms with Gasteiger partial charge in [-0.2, -0.15) is 4.98 Å². The third-order valence-corrected chi connectivity index (χ3v) is 4.89. The Hall–Kier alpha value is -3.20. The van der Waals surface area contributed by atoms with Gasteiger partial charge in [-0.05, 0) is 43.7 Å². The van der Waals surface area contributed by atoms with Gasteiger partial charge >= 0.3 is 0 Å². The highest BCUT2D eigenvalue weighted by Gasteiger charge is 2.27. The van der Waals surface area contributed by atoms with Crippen LogP contribution in [0, 0.1) is 17.5 Å². The summed E-state index contributed by atoms with van der Waals surface area (Å²) in [5.41, 5.74) is 0.599. The quantitative estimate of drug-likeness (QED) is 0.682. The molecule has 1 amide bonds. The molecule has 1 aliphatic heterocycles. The zero-order chi connectivity index (χ0) is 21.1. The summed E-state index contributed by atoms with van der Waals surface area (Å²) >= 11 is 0. The van der Waals surface area contributed by atoms with Gasteiger partial charge in [0.25, 0.3) is 0 Å². The molecule has 0 radical (unpaired) electrons. The van der Waals surface area contributed by atoms with Gasteiger partial charge in [0.05, 0.1) is 12.5 Å². The Bertz CT molecular complexity index is 1040. The van der Waals surface area contributed by atoms with Crippen LogP contribution in [0.3, 0.4) is 0 Å². The summed E-state index contributed by atoms with van der Waals surface area (Å²) in [7, 11) is 0. The van der Waals surface area contributed by atoms with Crippen LogP contribution in [0.25, 0.3) is 11.4 Å². The maximum atomic E-state index is 13.4. The first-order chi connectivity index (χ1) is 14.5. The lowest BCUT2D eigenvalue weighted by Gasteiger charge is -2.30. The fraction of sp³-hybridized carbons (Fsp3) is 0.286. The molecular weight excluding hydrogens is 397 g/mol. The van der Waals surface area contributed by atoms with Crippen molar-refractivity contribution in [1.82, 2.24) is 15.0 Å². The first-order valence-electron chi connectivity index (χ1n) is 9.54. The number of hydrogen-bond donors (Lipinski definition) is 1. The molecule has 1 aromatic heterocycles. The molecule has 9 heteroatoms. The lowest BCUT2D eigenvalue weighted by atomic mass is 9.98. The van der Waals surface area contributed by atoms with Crippen molar-refractivity contribution in [3.8, 4) is 11.4 Å². The van der Waals surface area contributed by atoms with E-state index >= 15 is 0 Å². The number of benzene rings is 2. The van der Waals surface area contributed by atoms with Gasteiger partial charge in [0.15, 0.2) is 0 Å². The van der Waals surface area contributed by atoms with Crippen molar-refractivity contribution in [1.29, 1.82) is 0 Å². The third kappa shape index (κ3) is 4.85. The number of likely N-dealkylation sites (tertiary alicyclic amines) is 1. The molecule has 2 heterocycles. The molecule has 4 rings (SSSR count). The van der Waals surface area contributed by atoms with Crippen LogP contribution >= 0.6 is 0 Å². The molecule has 0 bridgehead atoms. The topological polar surface area (TPSA) is 71.3 Å². The summed E-state index contributed by atoms with van der Waals surface area (Å²) in [6.07, 6.45) is 1.64. The lowest BCUT2D eigenvalue weighted by molar-refractivity contribution is -0.117. The Morgan fingerprint density at radius 3 is 2.70 bits per heavy atom.